The maximum atomic E-state index is 11.3. The number of carbonyl (C=O) groups excluding carboxylic acids is 2. The van der Waals surface area contributed by atoms with Gasteiger partial charge in [-0.2, -0.15) is 0 Å². The summed E-state index contributed by atoms with van der Waals surface area (Å²) in [6, 6.07) is 3.72. The molecule has 0 fully saturated rings. The normalized spacial score (nSPS) is 11.5. The molecule has 0 bridgehead atoms. The Morgan fingerprint density at radius 1 is 1.47 bits per heavy atom. The van der Waals surface area contributed by atoms with E-state index in [0.29, 0.717) is 23.3 Å². The van der Waals surface area contributed by atoms with Crippen molar-refractivity contribution >= 4 is 18.2 Å². The number of ketones is 1. The van der Waals surface area contributed by atoms with Gasteiger partial charge in [0.25, 0.3) is 0 Å². The molecular formula is C13H15NO5. The second kappa shape index (κ2) is 6.53. The number of methoxy groups -OCH3 is 1. The van der Waals surface area contributed by atoms with Crippen LogP contribution in [-0.2, 0) is 16.0 Å². The molecule has 19 heavy (non-hydrogen) atoms. The van der Waals surface area contributed by atoms with E-state index >= 15 is 0 Å². The van der Waals surface area contributed by atoms with Crippen molar-refractivity contribution < 1.29 is 24.2 Å². The van der Waals surface area contributed by atoms with Crippen LogP contribution in [0.4, 0.5) is 0 Å². The predicted molar refractivity (Wildman–Crippen MR) is 67.3 cm³/mol. The number of carboxylic acids is 1. The quantitative estimate of drug-likeness (QED) is 0.557. The highest BCUT2D eigenvalue weighted by Crippen LogP contribution is 2.21. The Balaban J connectivity index is 3.08. The standard InChI is InChI=1S/C13H15NO5/c1-8(16)9-3-4-12(19-2)10(5-9)6-11(13(17)18)14-7-15/h3-5,7,11H,6H2,1-2H3,(H,14,15)(H,17,18). The number of amides is 1. The lowest BCUT2D eigenvalue weighted by molar-refractivity contribution is -0.140. The van der Waals surface area contributed by atoms with E-state index in [4.69, 9.17) is 9.84 Å². The summed E-state index contributed by atoms with van der Waals surface area (Å²) in [5.74, 6) is -0.801. The summed E-state index contributed by atoms with van der Waals surface area (Å²) in [6.07, 6.45) is 0.373. The summed E-state index contributed by atoms with van der Waals surface area (Å²) < 4.78 is 5.12. The largest absolute Gasteiger partial charge is 0.496 e. The first-order valence-electron chi connectivity index (χ1n) is 5.60. The number of hydrogen-bond acceptors (Lipinski definition) is 4. The summed E-state index contributed by atoms with van der Waals surface area (Å²) in [6.45, 7) is 1.42. The monoisotopic (exact) mass is 265 g/mol. The molecule has 1 rings (SSSR count). The topological polar surface area (TPSA) is 92.7 Å². The number of Topliss-reactive ketones (excluding diaryl/α,β-unsaturated/α-hetero) is 1. The Labute approximate surface area is 110 Å². The van der Waals surface area contributed by atoms with Gasteiger partial charge in [0, 0.05) is 12.0 Å². The van der Waals surface area contributed by atoms with Crippen molar-refractivity contribution in [1.82, 2.24) is 5.32 Å². The Hall–Kier alpha value is -2.37. The van der Waals surface area contributed by atoms with Crippen molar-refractivity contribution in [3.05, 3.63) is 29.3 Å². The van der Waals surface area contributed by atoms with E-state index in [-0.39, 0.29) is 12.2 Å². The first-order chi connectivity index (χ1) is 8.99. The van der Waals surface area contributed by atoms with Gasteiger partial charge in [0.1, 0.15) is 11.8 Å². The van der Waals surface area contributed by atoms with Crippen molar-refractivity contribution in [2.75, 3.05) is 7.11 Å². The Kier molecular flexibility index (Phi) is 5.05. The number of carboxylic acid groups (broad SMARTS) is 1. The van der Waals surface area contributed by atoms with E-state index < -0.39 is 12.0 Å². The smallest absolute Gasteiger partial charge is 0.326 e. The average molecular weight is 265 g/mol. The number of hydrogen-bond donors (Lipinski definition) is 2. The van der Waals surface area contributed by atoms with E-state index in [2.05, 4.69) is 5.32 Å². The van der Waals surface area contributed by atoms with Crippen LogP contribution < -0.4 is 10.1 Å². The molecule has 0 radical (unpaired) electrons. The van der Waals surface area contributed by atoms with Crippen molar-refractivity contribution in [3.8, 4) is 5.75 Å². The number of carbonyl (C=O) groups is 3. The molecule has 1 amide bonds. The highest BCUT2D eigenvalue weighted by atomic mass is 16.5. The Morgan fingerprint density at radius 3 is 2.63 bits per heavy atom. The van der Waals surface area contributed by atoms with Crippen LogP contribution in [0.5, 0.6) is 5.75 Å². The van der Waals surface area contributed by atoms with Crippen LogP contribution >= 0.6 is 0 Å². The van der Waals surface area contributed by atoms with Gasteiger partial charge in [-0.25, -0.2) is 4.79 Å². The fourth-order valence-electron chi connectivity index (χ4n) is 1.68. The molecule has 2 N–H and O–H groups in total. The second-order valence-corrected chi connectivity index (χ2v) is 3.96. The van der Waals surface area contributed by atoms with Gasteiger partial charge in [-0.1, -0.05) is 0 Å². The molecule has 0 aromatic heterocycles. The molecule has 1 aromatic rings. The molecule has 1 atom stereocenters. The predicted octanol–water partition coefficient (Wildman–Crippen LogP) is 0.639. The van der Waals surface area contributed by atoms with E-state index in [1.807, 2.05) is 0 Å². The summed E-state index contributed by atoms with van der Waals surface area (Å²) in [7, 11) is 1.45. The van der Waals surface area contributed by atoms with Gasteiger partial charge in [-0.3, -0.25) is 9.59 Å². The van der Waals surface area contributed by atoms with Gasteiger partial charge >= 0.3 is 5.97 Å². The average Bonchev–Trinajstić information content (AvgIpc) is 2.37. The molecule has 0 saturated carbocycles. The van der Waals surface area contributed by atoms with Crippen LogP contribution in [0.25, 0.3) is 0 Å². The van der Waals surface area contributed by atoms with Gasteiger partial charge in [0.2, 0.25) is 6.41 Å². The van der Waals surface area contributed by atoms with E-state index in [1.165, 1.54) is 14.0 Å². The van der Waals surface area contributed by atoms with Crippen LogP contribution in [0.2, 0.25) is 0 Å². The molecule has 0 aliphatic heterocycles. The SMILES string of the molecule is COc1ccc(C(C)=O)cc1CC(NC=O)C(=O)O. The minimum absolute atomic E-state index is 0.0400. The van der Waals surface area contributed by atoms with Gasteiger partial charge in [0.05, 0.1) is 7.11 Å². The van der Waals surface area contributed by atoms with Crippen LogP contribution in [0.3, 0.4) is 0 Å². The summed E-state index contributed by atoms with van der Waals surface area (Å²) in [4.78, 5) is 32.7. The molecule has 0 aliphatic carbocycles. The highest BCUT2D eigenvalue weighted by molar-refractivity contribution is 5.94. The zero-order valence-corrected chi connectivity index (χ0v) is 10.7. The van der Waals surface area contributed by atoms with Gasteiger partial charge < -0.3 is 15.2 Å². The number of aliphatic carboxylic acids is 1. The first kappa shape index (κ1) is 14.7. The van der Waals surface area contributed by atoms with Crippen LogP contribution in [0.1, 0.15) is 22.8 Å². The summed E-state index contributed by atoms with van der Waals surface area (Å²) >= 11 is 0. The molecule has 0 saturated heterocycles. The third-order valence-corrected chi connectivity index (χ3v) is 2.68. The molecule has 6 nitrogen and oxygen atoms in total. The van der Waals surface area contributed by atoms with Crippen molar-refractivity contribution in [2.45, 2.75) is 19.4 Å². The van der Waals surface area contributed by atoms with E-state index in [9.17, 15) is 14.4 Å². The van der Waals surface area contributed by atoms with Crippen molar-refractivity contribution in [1.29, 1.82) is 0 Å². The van der Waals surface area contributed by atoms with Gasteiger partial charge in [-0.05, 0) is 30.7 Å². The lowest BCUT2D eigenvalue weighted by atomic mass is 10.0. The lowest BCUT2D eigenvalue weighted by Crippen LogP contribution is -2.37. The van der Waals surface area contributed by atoms with E-state index in [0.717, 1.165) is 0 Å². The fraction of sp³-hybridized carbons (Fsp3) is 0.308. The zero-order chi connectivity index (χ0) is 14.4. The molecular weight excluding hydrogens is 250 g/mol. The van der Waals surface area contributed by atoms with Crippen LogP contribution in [0.15, 0.2) is 18.2 Å². The first-order valence-corrected chi connectivity index (χ1v) is 5.60. The second-order valence-electron chi connectivity index (χ2n) is 3.96. The number of ether oxygens (including phenoxy) is 1. The summed E-state index contributed by atoms with van der Waals surface area (Å²) in [5.41, 5.74) is 1.02. The Morgan fingerprint density at radius 2 is 2.16 bits per heavy atom. The summed E-state index contributed by atoms with van der Waals surface area (Å²) in [5, 5.41) is 11.2. The van der Waals surface area contributed by atoms with E-state index in [1.54, 1.807) is 18.2 Å². The molecule has 1 unspecified atom stereocenters. The number of rotatable bonds is 7. The lowest BCUT2D eigenvalue weighted by Gasteiger charge is -2.14. The minimum atomic E-state index is -1.15. The number of nitrogens with one attached hydrogen (secondary N) is 1. The van der Waals surface area contributed by atoms with Crippen LogP contribution in [0, 0.1) is 0 Å². The van der Waals surface area contributed by atoms with Crippen molar-refractivity contribution in [3.63, 3.8) is 0 Å². The Bertz CT molecular complexity index is 498. The molecule has 0 spiro atoms. The molecule has 102 valence electrons. The number of benzene rings is 1. The van der Waals surface area contributed by atoms with Gasteiger partial charge in [-0.15, -0.1) is 0 Å². The molecule has 0 aliphatic rings. The molecule has 6 heteroatoms. The fourth-order valence-corrected chi connectivity index (χ4v) is 1.68. The maximum Gasteiger partial charge on any atom is 0.326 e. The molecule has 0 heterocycles. The van der Waals surface area contributed by atoms with Crippen LogP contribution in [-0.4, -0.2) is 36.4 Å². The minimum Gasteiger partial charge on any atom is -0.496 e. The third-order valence-electron chi connectivity index (χ3n) is 2.68. The zero-order valence-electron chi connectivity index (χ0n) is 10.7. The third kappa shape index (κ3) is 3.80. The van der Waals surface area contributed by atoms with Gasteiger partial charge in [0.15, 0.2) is 5.78 Å². The maximum absolute atomic E-state index is 11.3. The highest BCUT2D eigenvalue weighted by Gasteiger charge is 2.19. The van der Waals surface area contributed by atoms with Crippen molar-refractivity contribution in [2.24, 2.45) is 0 Å². The molecule has 1 aromatic carbocycles.